The van der Waals surface area contributed by atoms with Crippen LogP contribution >= 0.6 is 0 Å². The van der Waals surface area contributed by atoms with Crippen LogP contribution in [-0.2, 0) is 0 Å². The number of hydrogen-bond donors (Lipinski definition) is 1. The second-order valence-corrected chi connectivity index (χ2v) is 6.55. The average Bonchev–Trinajstić information content (AvgIpc) is 3.14. The minimum Gasteiger partial charge on any atom is -0.493 e. The van der Waals surface area contributed by atoms with Crippen molar-refractivity contribution >= 4 is 6.03 Å². The number of ether oxygens (including phenoxy) is 2. The Balaban J connectivity index is 2.06. The SMILES string of the molecule is COc1cc(C(C)NC(=O)N(C)C(C)c2ccco2)ccc1OC(C)C. The molecule has 1 heterocycles. The number of rotatable bonds is 7. The summed E-state index contributed by atoms with van der Waals surface area (Å²) in [5.41, 5.74) is 0.936. The summed E-state index contributed by atoms with van der Waals surface area (Å²) >= 11 is 0. The number of nitrogens with zero attached hydrogens (tertiary/aromatic N) is 1. The fourth-order valence-corrected chi connectivity index (χ4v) is 2.57. The van der Waals surface area contributed by atoms with E-state index < -0.39 is 0 Å². The van der Waals surface area contributed by atoms with Gasteiger partial charge < -0.3 is 24.1 Å². The van der Waals surface area contributed by atoms with Crippen LogP contribution in [0.25, 0.3) is 0 Å². The van der Waals surface area contributed by atoms with E-state index in [2.05, 4.69) is 5.32 Å². The van der Waals surface area contributed by atoms with Crippen molar-refractivity contribution in [2.24, 2.45) is 0 Å². The molecule has 2 aromatic rings. The molecule has 0 spiro atoms. The summed E-state index contributed by atoms with van der Waals surface area (Å²) < 4.78 is 16.5. The largest absolute Gasteiger partial charge is 0.493 e. The van der Waals surface area contributed by atoms with Crippen molar-refractivity contribution in [1.82, 2.24) is 10.2 Å². The van der Waals surface area contributed by atoms with E-state index in [0.29, 0.717) is 11.5 Å². The minimum atomic E-state index is -0.184. The first-order valence-electron chi connectivity index (χ1n) is 8.74. The molecule has 0 bridgehead atoms. The molecule has 6 heteroatoms. The van der Waals surface area contributed by atoms with Gasteiger partial charge in [-0.2, -0.15) is 0 Å². The van der Waals surface area contributed by atoms with Crippen LogP contribution < -0.4 is 14.8 Å². The highest BCUT2D eigenvalue weighted by molar-refractivity contribution is 5.74. The van der Waals surface area contributed by atoms with Crippen LogP contribution in [0.3, 0.4) is 0 Å². The lowest BCUT2D eigenvalue weighted by molar-refractivity contribution is 0.184. The molecule has 0 saturated carbocycles. The Labute approximate surface area is 155 Å². The fourth-order valence-electron chi connectivity index (χ4n) is 2.57. The lowest BCUT2D eigenvalue weighted by Gasteiger charge is -2.26. The monoisotopic (exact) mass is 360 g/mol. The summed E-state index contributed by atoms with van der Waals surface area (Å²) in [6, 6.07) is 8.84. The van der Waals surface area contributed by atoms with Crippen molar-refractivity contribution < 1.29 is 18.7 Å². The van der Waals surface area contributed by atoms with Crippen LogP contribution in [0.2, 0.25) is 0 Å². The molecule has 1 N–H and O–H groups in total. The molecule has 0 aliphatic rings. The topological polar surface area (TPSA) is 63.9 Å². The van der Waals surface area contributed by atoms with E-state index >= 15 is 0 Å². The summed E-state index contributed by atoms with van der Waals surface area (Å²) in [6.45, 7) is 7.78. The molecule has 0 saturated heterocycles. The normalized spacial score (nSPS) is 13.2. The van der Waals surface area contributed by atoms with Gasteiger partial charge in [0.25, 0.3) is 0 Å². The van der Waals surface area contributed by atoms with Crippen molar-refractivity contribution in [3.8, 4) is 11.5 Å². The molecule has 0 fully saturated rings. The van der Waals surface area contributed by atoms with Crippen molar-refractivity contribution in [3.63, 3.8) is 0 Å². The number of urea groups is 1. The van der Waals surface area contributed by atoms with Crippen molar-refractivity contribution in [2.75, 3.05) is 14.2 Å². The third-order valence-corrected chi connectivity index (χ3v) is 4.25. The lowest BCUT2D eigenvalue weighted by Crippen LogP contribution is -2.39. The second kappa shape index (κ2) is 8.65. The number of carbonyl (C=O) groups is 1. The van der Waals surface area contributed by atoms with Crippen LogP contribution in [0.5, 0.6) is 11.5 Å². The maximum absolute atomic E-state index is 12.5. The van der Waals surface area contributed by atoms with Gasteiger partial charge >= 0.3 is 6.03 Å². The van der Waals surface area contributed by atoms with E-state index in [1.165, 1.54) is 0 Å². The van der Waals surface area contributed by atoms with Crippen LogP contribution in [0.1, 0.15) is 51.1 Å². The quantitative estimate of drug-likeness (QED) is 0.787. The van der Waals surface area contributed by atoms with E-state index in [-0.39, 0.29) is 24.2 Å². The Morgan fingerprint density at radius 2 is 1.88 bits per heavy atom. The van der Waals surface area contributed by atoms with Crippen molar-refractivity contribution in [3.05, 3.63) is 47.9 Å². The molecule has 26 heavy (non-hydrogen) atoms. The summed E-state index contributed by atoms with van der Waals surface area (Å²) in [5, 5.41) is 3.00. The second-order valence-electron chi connectivity index (χ2n) is 6.55. The Bertz CT molecular complexity index is 713. The molecule has 2 unspecified atom stereocenters. The summed E-state index contributed by atoms with van der Waals surface area (Å²) in [6.07, 6.45) is 1.66. The van der Waals surface area contributed by atoms with Gasteiger partial charge in [0.1, 0.15) is 5.76 Å². The van der Waals surface area contributed by atoms with Gasteiger partial charge in [-0.15, -0.1) is 0 Å². The smallest absolute Gasteiger partial charge is 0.318 e. The molecule has 1 aromatic heterocycles. The molecule has 1 aromatic carbocycles. The Kier molecular flexibility index (Phi) is 6.55. The van der Waals surface area contributed by atoms with E-state index in [4.69, 9.17) is 13.9 Å². The van der Waals surface area contributed by atoms with E-state index in [1.54, 1.807) is 25.3 Å². The van der Waals surface area contributed by atoms with Gasteiger partial charge in [-0.25, -0.2) is 4.79 Å². The van der Waals surface area contributed by atoms with Crippen LogP contribution in [0, 0.1) is 0 Å². The molecule has 0 radical (unpaired) electrons. The van der Waals surface area contributed by atoms with Crippen LogP contribution in [0.15, 0.2) is 41.0 Å². The van der Waals surface area contributed by atoms with Crippen LogP contribution in [-0.4, -0.2) is 31.2 Å². The first-order chi connectivity index (χ1) is 12.3. The molecule has 2 atom stereocenters. The minimum absolute atomic E-state index is 0.0589. The third kappa shape index (κ3) is 4.71. The highest BCUT2D eigenvalue weighted by atomic mass is 16.5. The lowest BCUT2D eigenvalue weighted by atomic mass is 10.1. The highest BCUT2D eigenvalue weighted by Crippen LogP contribution is 2.31. The molecule has 0 aliphatic heterocycles. The van der Waals surface area contributed by atoms with Gasteiger partial charge in [-0.1, -0.05) is 6.07 Å². The van der Waals surface area contributed by atoms with Crippen molar-refractivity contribution in [1.29, 1.82) is 0 Å². The van der Waals surface area contributed by atoms with Gasteiger partial charge in [-0.05, 0) is 57.5 Å². The zero-order chi connectivity index (χ0) is 19.3. The number of methoxy groups -OCH3 is 1. The molecular formula is C20H28N2O4. The first-order valence-corrected chi connectivity index (χ1v) is 8.74. The highest BCUT2D eigenvalue weighted by Gasteiger charge is 2.21. The Morgan fingerprint density at radius 3 is 2.46 bits per heavy atom. The molecule has 2 amide bonds. The molecule has 2 rings (SSSR count). The zero-order valence-electron chi connectivity index (χ0n) is 16.3. The van der Waals surface area contributed by atoms with Gasteiger partial charge in [-0.3, -0.25) is 0 Å². The van der Waals surface area contributed by atoms with E-state index in [0.717, 1.165) is 11.3 Å². The summed E-state index contributed by atoms with van der Waals surface area (Å²) in [4.78, 5) is 14.2. The average molecular weight is 360 g/mol. The Morgan fingerprint density at radius 1 is 1.15 bits per heavy atom. The number of benzene rings is 1. The Hall–Kier alpha value is -2.63. The van der Waals surface area contributed by atoms with Crippen molar-refractivity contribution in [2.45, 2.75) is 45.9 Å². The zero-order valence-corrected chi connectivity index (χ0v) is 16.3. The summed E-state index contributed by atoms with van der Waals surface area (Å²) in [7, 11) is 3.35. The van der Waals surface area contributed by atoms with E-state index in [9.17, 15) is 4.79 Å². The van der Waals surface area contributed by atoms with E-state index in [1.807, 2.05) is 58.0 Å². The molecule has 0 aliphatic carbocycles. The number of furan rings is 1. The molecule has 6 nitrogen and oxygen atoms in total. The molecular weight excluding hydrogens is 332 g/mol. The predicted molar refractivity (Wildman–Crippen MR) is 101 cm³/mol. The van der Waals surface area contributed by atoms with Crippen LogP contribution in [0.4, 0.5) is 4.79 Å². The first kappa shape index (κ1) is 19.7. The number of amides is 2. The maximum Gasteiger partial charge on any atom is 0.318 e. The third-order valence-electron chi connectivity index (χ3n) is 4.25. The number of carbonyl (C=O) groups excluding carboxylic acids is 1. The number of nitrogens with one attached hydrogen (secondary N) is 1. The van der Waals surface area contributed by atoms with Gasteiger partial charge in [0.2, 0.25) is 0 Å². The number of hydrogen-bond acceptors (Lipinski definition) is 4. The van der Waals surface area contributed by atoms with Gasteiger partial charge in [0.15, 0.2) is 11.5 Å². The summed E-state index contributed by atoms with van der Waals surface area (Å²) in [5.74, 6) is 2.08. The standard InChI is InChI=1S/C20H28N2O4/c1-13(2)26-18-10-9-16(12-19(18)24-6)14(3)21-20(23)22(5)15(4)17-8-7-11-25-17/h7-15H,1-6H3,(H,21,23). The van der Waals surface area contributed by atoms with Gasteiger partial charge in [0, 0.05) is 7.05 Å². The fraction of sp³-hybridized carbons (Fsp3) is 0.450. The molecule has 142 valence electrons. The maximum atomic E-state index is 12.5. The predicted octanol–water partition coefficient (Wildman–Crippen LogP) is 4.54. The van der Waals surface area contributed by atoms with Gasteiger partial charge in [0.05, 0.1) is 31.6 Å².